The van der Waals surface area contributed by atoms with Gasteiger partial charge < -0.3 is 14.8 Å². The van der Waals surface area contributed by atoms with Gasteiger partial charge in [-0.15, -0.1) is 0 Å². The van der Waals surface area contributed by atoms with Crippen molar-refractivity contribution >= 4 is 21.6 Å². The number of anilines is 1. The van der Waals surface area contributed by atoms with Crippen molar-refractivity contribution in [2.75, 3.05) is 24.1 Å². The molecule has 0 unspecified atom stereocenters. The molecule has 1 atom stereocenters. The molecule has 26 heavy (non-hydrogen) atoms. The Balaban J connectivity index is 1.60. The zero-order chi connectivity index (χ0) is 18.7. The molecular formula is C18H20N2O5S. The van der Waals surface area contributed by atoms with Crippen LogP contribution in [0.25, 0.3) is 0 Å². The molecular weight excluding hydrogens is 356 g/mol. The standard InChI is InChI=1S/C18H20N2O5S/c1-12-9-13(7-8-15(12)20-26(2,22)23)18(21)19-10-14-11-24-16-5-3-4-6-17(16)25-14/h3-9,14,20H,10-11H2,1-2H3,(H,19,21)/t14-/m1/s1. The summed E-state index contributed by atoms with van der Waals surface area (Å²) in [5.41, 5.74) is 1.55. The minimum absolute atomic E-state index is 0.263. The number of sulfonamides is 1. The number of fused-ring (bicyclic) bond motifs is 1. The number of rotatable bonds is 5. The van der Waals surface area contributed by atoms with Gasteiger partial charge in [-0.3, -0.25) is 9.52 Å². The zero-order valence-electron chi connectivity index (χ0n) is 14.5. The average Bonchev–Trinajstić information content (AvgIpc) is 2.60. The summed E-state index contributed by atoms with van der Waals surface area (Å²) in [6, 6.07) is 12.2. The van der Waals surface area contributed by atoms with Gasteiger partial charge in [-0.1, -0.05) is 12.1 Å². The number of amides is 1. The van der Waals surface area contributed by atoms with Gasteiger partial charge in [0.05, 0.1) is 18.5 Å². The third kappa shape index (κ3) is 4.45. The van der Waals surface area contributed by atoms with Crippen LogP contribution in [0.4, 0.5) is 5.69 Å². The Hall–Kier alpha value is -2.74. The zero-order valence-corrected chi connectivity index (χ0v) is 15.3. The van der Waals surface area contributed by atoms with Crippen LogP contribution in [-0.4, -0.2) is 39.8 Å². The second kappa shape index (κ2) is 7.25. The van der Waals surface area contributed by atoms with Crippen LogP contribution in [0.1, 0.15) is 15.9 Å². The predicted molar refractivity (Wildman–Crippen MR) is 98.3 cm³/mol. The van der Waals surface area contributed by atoms with Crippen LogP contribution in [0.2, 0.25) is 0 Å². The first-order chi connectivity index (χ1) is 12.3. The molecule has 0 spiro atoms. The molecule has 8 heteroatoms. The van der Waals surface area contributed by atoms with Crippen molar-refractivity contribution < 1.29 is 22.7 Å². The molecule has 0 bridgehead atoms. The van der Waals surface area contributed by atoms with Gasteiger partial charge in [-0.2, -0.15) is 0 Å². The maximum atomic E-state index is 12.3. The summed E-state index contributed by atoms with van der Waals surface area (Å²) < 4.78 is 36.5. The fraction of sp³-hybridized carbons (Fsp3) is 0.278. The Kier molecular flexibility index (Phi) is 5.03. The molecule has 1 amide bonds. The van der Waals surface area contributed by atoms with Gasteiger partial charge in [-0.05, 0) is 42.8 Å². The molecule has 2 aromatic carbocycles. The topological polar surface area (TPSA) is 93.7 Å². The highest BCUT2D eigenvalue weighted by Crippen LogP contribution is 2.30. The summed E-state index contributed by atoms with van der Waals surface area (Å²) in [6.45, 7) is 2.39. The van der Waals surface area contributed by atoms with Crippen LogP contribution >= 0.6 is 0 Å². The third-order valence-corrected chi connectivity index (χ3v) is 4.43. The van der Waals surface area contributed by atoms with Gasteiger partial charge in [0.15, 0.2) is 11.5 Å². The Morgan fingerprint density at radius 3 is 2.62 bits per heavy atom. The smallest absolute Gasteiger partial charge is 0.251 e. The van der Waals surface area contributed by atoms with Crippen LogP contribution in [0.3, 0.4) is 0 Å². The molecule has 138 valence electrons. The van der Waals surface area contributed by atoms with Gasteiger partial charge in [0, 0.05) is 5.56 Å². The number of carbonyl (C=O) groups excluding carboxylic acids is 1. The fourth-order valence-corrected chi connectivity index (χ4v) is 3.22. The Morgan fingerprint density at radius 1 is 1.19 bits per heavy atom. The highest BCUT2D eigenvalue weighted by molar-refractivity contribution is 7.92. The van der Waals surface area contributed by atoms with E-state index in [1.165, 1.54) is 0 Å². The lowest BCUT2D eigenvalue weighted by Gasteiger charge is -2.26. The number of benzene rings is 2. The van der Waals surface area contributed by atoms with E-state index in [1.807, 2.05) is 24.3 Å². The lowest BCUT2D eigenvalue weighted by Crippen LogP contribution is -2.40. The van der Waals surface area contributed by atoms with Crippen molar-refractivity contribution in [3.8, 4) is 11.5 Å². The SMILES string of the molecule is Cc1cc(C(=O)NC[C@@H]2COc3ccccc3O2)ccc1NS(C)(=O)=O. The number of hydrogen-bond donors (Lipinski definition) is 2. The molecule has 0 fully saturated rings. The van der Waals surface area contributed by atoms with Crippen molar-refractivity contribution in [3.63, 3.8) is 0 Å². The summed E-state index contributed by atoms with van der Waals surface area (Å²) >= 11 is 0. The first-order valence-corrected chi connectivity index (χ1v) is 9.96. The molecule has 1 heterocycles. The summed E-state index contributed by atoms with van der Waals surface area (Å²) in [5, 5.41) is 2.81. The Bertz CT molecular complexity index is 927. The van der Waals surface area contributed by atoms with Crippen molar-refractivity contribution in [1.29, 1.82) is 0 Å². The van der Waals surface area contributed by atoms with Crippen molar-refractivity contribution in [1.82, 2.24) is 5.32 Å². The van der Waals surface area contributed by atoms with Gasteiger partial charge >= 0.3 is 0 Å². The summed E-state index contributed by atoms with van der Waals surface area (Å²) in [4.78, 5) is 12.3. The second-order valence-electron chi connectivity index (χ2n) is 6.11. The molecule has 0 radical (unpaired) electrons. The molecule has 2 N–H and O–H groups in total. The lowest BCUT2D eigenvalue weighted by atomic mass is 10.1. The normalized spacial score (nSPS) is 16.0. The molecule has 2 aromatic rings. The molecule has 0 aliphatic carbocycles. The average molecular weight is 376 g/mol. The van der Waals surface area contributed by atoms with E-state index in [-0.39, 0.29) is 12.0 Å². The minimum atomic E-state index is -3.36. The Labute approximate surface area is 152 Å². The van der Waals surface area contributed by atoms with Gasteiger partial charge in [0.1, 0.15) is 12.7 Å². The van der Waals surface area contributed by atoms with Gasteiger partial charge in [0.2, 0.25) is 10.0 Å². The minimum Gasteiger partial charge on any atom is -0.486 e. The number of nitrogens with one attached hydrogen (secondary N) is 2. The van der Waals surface area contributed by atoms with Gasteiger partial charge in [-0.25, -0.2) is 8.42 Å². The lowest BCUT2D eigenvalue weighted by molar-refractivity contribution is 0.0789. The summed E-state index contributed by atoms with van der Waals surface area (Å²) in [6.07, 6.45) is 0.804. The highest BCUT2D eigenvalue weighted by Gasteiger charge is 2.21. The number of ether oxygens (including phenoxy) is 2. The van der Waals surface area contributed by atoms with E-state index < -0.39 is 10.0 Å². The van der Waals surface area contributed by atoms with Crippen LogP contribution in [0.5, 0.6) is 11.5 Å². The van der Waals surface area contributed by atoms with E-state index >= 15 is 0 Å². The molecule has 7 nitrogen and oxygen atoms in total. The first kappa shape index (κ1) is 18.1. The number of hydrogen-bond acceptors (Lipinski definition) is 5. The monoisotopic (exact) mass is 376 g/mol. The highest BCUT2D eigenvalue weighted by atomic mass is 32.2. The number of para-hydroxylation sites is 2. The Morgan fingerprint density at radius 2 is 1.92 bits per heavy atom. The number of carbonyl (C=O) groups is 1. The maximum Gasteiger partial charge on any atom is 0.251 e. The maximum absolute atomic E-state index is 12.3. The van der Waals surface area contributed by atoms with E-state index in [0.717, 1.165) is 6.26 Å². The quantitative estimate of drug-likeness (QED) is 0.832. The number of aryl methyl sites for hydroxylation is 1. The van der Waals surface area contributed by atoms with E-state index in [0.29, 0.717) is 41.5 Å². The van der Waals surface area contributed by atoms with Crippen molar-refractivity contribution in [2.45, 2.75) is 13.0 Å². The van der Waals surface area contributed by atoms with E-state index in [1.54, 1.807) is 25.1 Å². The molecule has 0 saturated carbocycles. The molecule has 1 aliphatic rings. The van der Waals surface area contributed by atoms with Crippen LogP contribution < -0.4 is 19.5 Å². The van der Waals surface area contributed by atoms with E-state index in [9.17, 15) is 13.2 Å². The molecule has 1 aliphatic heterocycles. The summed E-state index contributed by atoms with van der Waals surface area (Å²) in [5.74, 6) is 1.09. The van der Waals surface area contributed by atoms with Crippen LogP contribution in [-0.2, 0) is 10.0 Å². The van der Waals surface area contributed by atoms with E-state index in [4.69, 9.17) is 9.47 Å². The summed E-state index contributed by atoms with van der Waals surface area (Å²) in [7, 11) is -3.36. The van der Waals surface area contributed by atoms with Crippen LogP contribution in [0.15, 0.2) is 42.5 Å². The van der Waals surface area contributed by atoms with Crippen molar-refractivity contribution in [3.05, 3.63) is 53.6 Å². The first-order valence-electron chi connectivity index (χ1n) is 8.07. The second-order valence-corrected chi connectivity index (χ2v) is 7.86. The van der Waals surface area contributed by atoms with Gasteiger partial charge in [0.25, 0.3) is 5.91 Å². The predicted octanol–water partition coefficient (Wildman–Crippen LogP) is 1.94. The largest absolute Gasteiger partial charge is 0.486 e. The van der Waals surface area contributed by atoms with Crippen LogP contribution in [0, 0.1) is 6.92 Å². The third-order valence-electron chi connectivity index (χ3n) is 3.84. The molecule has 0 aromatic heterocycles. The van der Waals surface area contributed by atoms with E-state index in [2.05, 4.69) is 10.0 Å². The fourth-order valence-electron chi connectivity index (χ4n) is 2.59. The molecule has 3 rings (SSSR count). The van der Waals surface area contributed by atoms with Crippen molar-refractivity contribution in [2.24, 2.45) is 0 Å². The molecule has 0 saturated heterocycles.